The minimum atomic E-state index is -4.03. The van der Waals surface area contributed by atoms with Crippen LogP contribution in [0.5, 0.6) is 0 Å². The molecule has 1 aromatic rings. The fourth-order valence-corrected chi connectivity index (χ4v) is 1.47. The highest BCUT2D eigenvalue weighted by molar-refractivity contribution is 7.86. The van der Waals surface area contributed by atoms with Crippen LogP contribution in [-0.4, -0.2) is 19.5 Å². The average molecular weight is 258 g/mol. The van der Waals surface area contributed by atoms with E-state index in [-0.39, 0.29) is 0 Å². The number of hydrogen-bond acceptors (Lipinski definition) is 4. The topological polar surface area (TPSA) is 106 Å². The third-order valence-corrected chi connectivity index (χ3v) is 3.16. The second kappa shape index (κ2) is 7.05. The number of nitrogens with two attached hydrogens (primary N) is 2. The molecule has 0 radical (unpaired) electrons. The zero-order valence-electron chi connectivity index (χ0n) is 9.70. The van der Waals surface area contributed by atoms with Crippen LogP contribution in [0.3, 0.4) is 0 Å². The van der Waals surface area contributed by atoms with Gasteiger partial charge in [0, 0.05) is 12.2 Å². The SMILES string of the molecule is C=CCN.CC(c1cccc(N)c1)S(=O)(=O)O. The van der Waals surface area contributed by atoms with Gasteiger partial charge in [-0.3, -0.25) is 4.55 Å². The predicted molar refractivity (Wildman–Crippen MR) is 70.1 cm³/mol. The summed E-state index contributed by atoms with van der Waals surface area (Å²) in [7, 11) is -4.03. The van der Waals surface area contributed by atoms with Crippen molar-refractivity contribution < 1.29 is 13.0 Å². The lowest BCUT2D eigenvalue weighted by Gasteiger charge is -2.08. The molecule has 0 saturated heterocycles. The molecule has 0 amide bonds. The van der Waals surface area contributed by atoms with Crippen LogP contribution in [0.1, 0.15) is 17.7 Å². The Morgan fingerprint density at radius 1 is 1.53 bits per heavy atom. The van der Waals surface area contributed by atoms with E-state index < -0.39 is 15.4 Å². The third-order valence-electron chi connectivity index (χ3n) is 1.99. The first kappa shape index (κ1) is 15.6. The Labute approximate surface area is 102 Å². The predicted octanol–water partition coefficient (Wildman–Crippen LogP) is 1.35. The summed E-state index contributed by atoms with van der Waals surface area (Å²) in [5.74, 6) is 0. The first-order valence-corrected chi connectivity index (χ1v) is 6.46. The van der Waals surface area contributed by atoms with Crippen molar-refractivity contribution in [2.24, 2.45) is 5.73 Å². The summed E-state index contributed by atoms with van der Waals surface area (Å²) < 4.78 is 30.3. The van der Waals surface area contributed by atoms with Gasteiger partial charge in [0.15, 0.2) is 0 Å². The first-order chi connectivity index (χ1) is 7.82. The Bertz CT molecular complexity index is 458. The van der Waals surface area contributed by atoms with Crippen molar-refractivity contribution in [3.63, 3.8) is 0 Å². The number of rotatable bonds is 3. The molecule has 0 aliphatic heterocycles. The molecular formula is C11H18N2O3S. The number of nitrogen functional groups attached to an aromatic ring is 1. The zero-order valence-corrected chi connectivity index (χ0v) is 10.5. The van der Waals surface area contributed by atoms with Crippen molar-refractivity contribution in [3.05, 3.63) is 42.5 Å². The fraction of sp³-hybridized carbons (Fsp3) is 0.273. The normalized spacial score (nSPS) is 12.2. The molecule has 1 rings (SSSR count). The van der Waals surface area contributed by atoms with Crippen molar-refractivity contribution in [2.75, 3.05) is 12.3 Å². The van der Waals surface area contributed by atoms with E-state index in [4.69, 9.17) is 16.0 Å². The number of anilines is 1. The number of benzene rings is 1. The van der Waals surface area contributed by atoms with Gasteiger partial charge in [0.05, 0.1) is 0 Å². The van der Waals surface area contributed by atoms with Crippen LogP contribution in [-0.2, 0) is 10.1 Å². The Balaban J connectivity index is 0.000000557. The van der Waals surface area contributed by atoms with Crippen LogP contribution in [0.15, 0.2) is 36.9 Å². The highest BCUT2D eigenvalue weighted by Crippen LogP contribution is 2.21. The standard InChI is InChI=1S/C8H11NO3S.C3H7N/c1-6(13(10,11)12)7-3-2-4-8(9)5-7;1-2-3-4/h2-6H,9H2,1H3,(H,10,11,12);2H,1,3-4H2. The third kappa shape index (κ3) is 6.06. The van der Waals surface area contributed by atoms with E-state index in [0.29, 0.717) is 17.8 Å². The molecule has 0 fully saturated rings. The molecule has 0 heterocycles. The van der Waals surface area contributed by atoms with Crippen LogP contribution in [0.25, 0.3) is 0 Å². The molecule has 17 heavy (non-hydrogen) atoms. The molecule has 5 nitrogen and oxygen atoms in total. The van der Waals surface area contributed by atoms with Gasteiger partial charge in [-0.15, -0.1) is 6.58 Å². The van der Waals surface area contributed by atoms with Gasteiger partial charge in [-0.1, -0.05) is 18.2 Å². The Morgan fingerprint density at radius 3 is 2.41 bits per heavy atom. The van der Waals surface area contributed by atoms with E-state index in [1.54, 1.807) is 24.3 Å². The van der Waals surface area contributed by atoms with E-state index in [0.717, 1.165) is 0 Å². The Hall–Kier alpha value is -1.37. The number of hydrogen-bond donors (Lipinski definition) is 3. The van der Waals surface area contributed by atoms with E-state index in [2.05, 4.69) is 6.58 Å². The summed E-state index contributed by atoms with van der Waals surface area (Å²) in [5, 5.41) is -0.934. The van der Waals surface area contributed by atoms with Crippen LogP contribution in [0.4, 0.5) is 5.69 Å². The maximum Gasteiger partial charge on any atom is 0.271 e. The smallest absolute Gasteiger partial charge is 0.271 e. The molecular weight excluding hydrogens is 240 g/mol. The molecule has 0 aliphatic carbocycles. The van der Waals surface area contributed by atoms with Gasteiger partial charge in [-0.25, -0.2) is 0 Å². The van der Waals surface area contributed by atoms with Gasteiger partial charge in [0.2, 0.25) is 0 Å². The summed E-state index contributed by atoms with van der Waals surface area (Å²) in [6.45, 7) is 5.34. The molecule has 0 spiro atoms. The lowest BCUT2D eigenvalue weighted by molar-refractivity contribution is 0.472. The van der Waals surface area contributed by atoms with Gasteiger partial charge < -0.3 is 11.5 Å². The summed E-state index contributed by atoms with van der Waals surface area (Å²) in [5.41, 5.74) is 11.3. The average Bonchev–Trinajstić information content (AvgIpc) is 2.27. The van der Waals surface area contributed by atoms with Crippen molar-refractivity contribution in [3.8, 4) is 0 Å². The quantitative estimate of drug-likeness (QED) is 0.431. The maximum absolute atomic E-state index is 10.8. The molecule has 0 bridgehead atoms. The van der Waals surface area contributed by atoms with Crippen LogP contribution in [0.2, 0.25) is 0 Å². The fourth-order valence-electron chi connectivity index (χ4n) is 0.984. The molecule has 0 saturated carbocycles. The molecule has 1 unspecified atom stereocenters. The van der Waals surface area contributed by atoms with Gasteiger partial charge in [0.25, 0.3) is 10.1 Å². The second-order valence-electron chi connectivity index (χ2n) is 3.35. The van der Waals surface area contributed by atoms with Crippen molar-refractivity contribution >= 4 is 15.8 Å². The van der Waals surface area contributed by atoms with E-state index in [1.807, 2.05) is 0 Å². The summed E-state index contributed by atoms with van der Waals surface area (Å²) >= 11 is 0. The lowest BCUT2D eigenvalue weighted by atomic mass is 10.1. The van der Waals surface area contributed by atoms with Gasteiger partial charge in [-0.05, 0) is 24.6 Å². The molecule has 6 heteroatoms. The molecule has 1 atom stereocenters. The minimum Gasteiger partial charge on any atom is -0.399 e. The Morgan fingerprint density at radius 2 is 2.06 bits per heavy atom. The van der Waals surface area contributed by atoms with E-state index >= 15 is 0 Å². The van der Waals surface area contributed by atoms with E-state index in [1.165, 1.54) is 13.0 Å². The molecule has 5 N–H and O–H groups in total. The molecule has 96 valence electrons. The Kier molecular flexibility index (Phi) is 6.48. The highest BCUT2D eigenvalue weighted by Gasteiger charge is 2.18. The van der Waals surface area contributed by atoms with Crippen LogP contribution < -0.4 is 11.5 Å². The second-order valence-corrected chi connectivity index (χ2v) is 5.09. The highest BCUT2D eigenvalue weighted by atomic mass is 32.2. The van der Waals surface area contributed by atoms with Gasteiger partial charge >= 0.3 is 0 Å². The summed E-state index contributed by atoms with van der Waals surface area (Å²) in [4.78, 5) is 0. The monoisotopic (exact) mass is 258 g/mol. The summed E-state index contributed by atoms with van der Waals surface area (Å²) in [6.07, 6.45) is 1.65. The molecule has 0 aromatic heterocycles. The maximum atomic E-state index is 10.8. The van der Waals surface area contributed by atoms with Crippen molar-refractivity contribution in [1.29, 1.82) is 0 Å². The van der Waals surface area contributed by atoms with E-state index in [9.17, 15) is 8.42 Å². The molecule has 1 aromatic carbocycles. The largest absolute Gasteiger partial charge is 0.399 e. The van der Waals surface area contributed by atoms with Crippen LogP contribution in [0, 0.1) is 0 Å². The zero-order chi connectivity index (χ0) is 13.5. The summed E-state index contributed by atoms with van der Waals surface area (Å²) in [6, 6.07) is 6.43. The minimum absolute atomic E-state index is 0.480. The molecule has 0 aliphatic rings. The van der Waals surface area contributed by atoms with Gasteiger partial charge in [-0.2, -0.15) is 8.42 Å². The van der Waals surface area contributed by atoms with Crippen molar-refractivity contribution in [2.45, 2.75) is 12.2 Å². The van der Waals surface area contributed by atoms with Crippen LogP contribution >= 0.6 is 0 Å². The van der Waals surface area contributed by atoms with Gasteiger partial charge in [0.1, 0.15) is 5.25 Å². The lowest BCUT2D eigenvalue weighted by Crippen LogP contribution is -2.08. The van der Waals surface area contributed by atoms with Crippen molar-refractivity contribution in [1.82, 2.24) is 0 Å². The first-order valence-electron chi connectivity index (χ1n) is 4.95.